The average molecular weight is 247 g/mol. The van der Waals surface area contributed by atoms with E-state index in [1.165, 1.54) is 7.11 Å². The van der Waals surface area contributed by atoms with Crippen molar-refractivity contribution in [2.45, 2.75) is 53.1 Å². The lowest BCUT2D eigenvalue weighted by atomic mass is 10.2. The number of esters is 1. The molecular formula is C12H25NO4. The van der Waals surface area contributed by atoms with Crippen LogP contribution in [-0.2, 0) is 14.3 Å². The largest absolute Gasteiger partial charge is 0.469 e. The number of ether oxygens (including phenoxy) is 2. The summed E-state index contributed by atoms with van der Waals surface area (Å²) < 4.78 is 9.46. The highest BCUT2D eigenvalue weighted by atomic mass is 16.6. The minimum Gasteiger partial charge on any atom is -0.469 e. The summed E-state index contributed by atoms with van der Waals surface area (Å²) in [4.78, 5) is 21.8. The summed E-state index contributed by atoms with van der Waals surface area (Å²) in [7, 11) is 1.34. The van der Waals surface area contributed by atoms with E-state index >= 15 is 0 Å². The molecule has 0 spiro atoms. The molecule has 0 unspecified atom stereocenters. The molecule has 0 radical (unpaired) electrons. The predicted molar refractivity (Wildman–Crippen MR) is 66.8 cm³/mol. The molecule has 0 atom stereocenters. The second kappa shape index (κ2) is 9.93. The van der Waals surface area contributed by atoms with E-state index in [1.807, 2.05) is 13.8 Å². The van der Waals surface area contributed by atoms with E-state index in [-0.39, 0.29) is 5.97 Å². The van der Waals surface area contributed by atoms with Crippen LogP contribution in [0.1, 0.15) is 47.5 Å². The third-order valence-electron chi connectivity index (χ3n) is 1.45. The molecule has 0 fully saturated rings. The predicted octanol–water partition coefficient (Wildman–Crippen LogP) is 2.49. The molecule has 0 aliphatic heterocycles. The number of nitrogens with one attached hydrogen (secondary N) is 1. The molecule has 0 saturated carbocycles. The van der Waals surface area contributed by atoms with Gasteiger partial charge >= 0.3 is 12.1 Å². The van der Waals surface area contributed by atoms with Gasteiger partial charge in [-0.3, -0.25) is 4.79 Å². The van der Waals surface area contributed by atoms with Crippen LogP contribution in [0.5, 0.6) is 0 Å². The monoisotopic (exact) mass is 247 g/mol. The Morgan fingerprint density at radius 2 is 1.71 bits per heavy atom. The van der Waals surface area contributed by atoms with Crippen LogP contribution in [0.2, 0.25) is 0 Å². The molecular weight excluding hydrogens is 222 g/mol. The summed E-state index contributed by atoms with van der Waals surface area (Å²) in [6.07, 6.45) is 0.380. The van der Waals surface area contributed by atoms with E-state index in [0.29, 0.717) is 19.4 Å². The molecule has 0 rings (SSSR count). The van der Waals surface area contributed by atoms with Crippen LogP contribution in [0.4, 0.5) is 4.79 Å². The van der Waals surface area contributed by atoms with E-state index in [4.69, 9.17) is 4.74 Å². The molecule has 0 saturated heterocycles. The first-order valence-electron chi connectivity index (χ1n) is 5.89. The summed E-state index contributed by atoms with van der Waals surface area (Å²) in [5, 5.41) is 2.55. The van der Waals surface area contributed by atoms with E-state index in [1.54, 1.807) is 20.8 Å². The van der Waals surface area contributed by atoms with Gasteiger partial charge in [0.2, 0.25) is 0 Å². The maximum Gasteiger partial charge on any atom is 0.407 e. The third-order valence-corrected chi connectivity index (χ3v) is 1.45. The van der Waals surface area contributed by atoms with Crippen LogP contribution in [0.25, 0.3) is 0 Å². The molecule has 5 nitrogen and oxygen atoms in total. The highest BCUT2D eigenvalue weighted by Gasteiger charge is 2.15. The Morgan fingerprint density at radius 1 is 1.18 bits per heavy atom. The Morgan fingerprint density at radius 3 is 2.12 bits per heavy atom. The zero-order valence-electron chi connectivity index (χ0n) is 11.8. The van der Waals surface area contributed by atoms with Crippen LogP contribution in [-0.4, -0.2) is 31.3 Å². The van der Waals surface area contributed by atoms with Crippen molar-refractivity contribution in [1.82, 2.24) is 5.32 Å². The van der Waals surface area contributed by atoms with Crippen LogP contribution >= 0.6 is 0 Å². The van der Waals surface area contributed by atoms with E-state index < -0.39 is 11.7 Å². The van der Waals surface area contributed by atoms with Crippen molar-refractivity contribution in [1.29, 1.82) is 0 Å². The summed E-state index contributed by atoms with van der Waals surface area (Å²) in [6, 6.07) is 0. The number of carbonyl (C=O) groups excluding carboxylic acids is 2. The standard InChI is InChI=1S/C10H19NO4.C2H6/c1-10(2,3)15-9(13)11-7-5-6-8(12)14-4;1-2/h5-7H2,1-4H3,(H,11,13);1-2H3. The van der Waals surface area contributed by atoms with Crippen LogP contribution < -0.4 is 5.32 Å². The first kappa shape index (κ1) is 18.1. The number of carbonyl (C=O) groups is 2. The quantitative estimate of drug-likeness (QED) is 0.612. The van der Waals surface area contributed by atoms with Gasteiger partial charge < -0.3 is 14.8 Å². The Bertz CT molecular complexity index is 221. The summed E-state index contributed by atoms with van der Waals surface area (Å²) in [5.74, 6) is -0.277. The van der Waals surface area contributed by atoms with Crippen LogP contribution in [0.3, 0.4) is 0 Å². The number of alkyl carbamates (subject to hydrolysis) is 1. The molecule has 0 aliphatic rings. The van der Waals surface area contributed by atoms with Crippen LogP contribution in [0, 0.1) is 0 Å². The molecule has 0 heterocycles. The van der Waals surface area contributed by atoms with Gasteiger partial charge in [-0.25, -0.2) is 4.79 Å². The molecule has 17 heavy (non-hydrogen) atoms. The van der Waals surface area contributed by atoms with Gasteiger partial charge in [-0.15, -0.1) is 0 Å². The summed E-state index contributed by atoms with van der Waals surface area (Å²) in [6.45, 7) is 9.78. The zero-order chi connectivity index (χ0) is 13.9. The number of rotatable bonds is 4. The number of hydrogen-bond acceptors (Lipinski definition) is 4. The minimum absolute atomic E-state index is 0.277. The third kappa shape index (κ3) is 14.7. The van der Waals surface area contributed by atoms with Gasteiger partial charge in [-0.2, -0.15) is 0 Å². The van der Waals surface area contributed by atoms with Gasteiger partial charge in [-0.05, 0) is 27.2 Å². The van der Waals surface area contributed by atoms with Crippen molar-refractivity contribution < 1.29 is 19.1 Å². The number of amides is 1. The Hall–Kier alpha value is -1.26. The van der Waals surface area contributed by atoms with Gasteiger partial charge in [0, 0.05) is 13.0 Å². The Balaban J connectivity index is 0. The first-order valence-corrected chi connectivity index (χ1v) is 5.89. The van der Waals surface area contributed by atoms with Crippen molar-refractivity contribution in [2.75, 3.05) is 13.7 Å². The van der Waals surface area contributed by atoms with Crippen molar-refractivity contribution in [3.8, 4) is 0 Å². The lowest BCUT2D eigenvalue weighted by Gasteiger charge is -2.19. The average Bonchev–Trinajstić information content (AvgIpc) is 2.24. The van der Waals surface area contributed by atoms with Crippen molar-refractivity contribution in [3.63, 3.8) is 0 Å². The number of methoxy groups -OCH3 is 1. The summed E-state index contributed by atoms with van der Waals surface area (Å²) >= 11 is 0. The second-order valence-corrected chi connectivity index (χ2v) is 4.11. The van der Waals surface area contributed by atoms with Crippen molar-refractivity contribution in [3.05, 3.63) is 0 Å². The van der Waals surface area contributed by atoms with Gasteiger partial charge in [0.15, 0.2) is 0 Å². The fourth-order valence-corrected chi connectivity index (χ4v) is 0.839. The highest BCUT2D eigenvalue weighted by molar-refractivity contribution is 5.69. The van der Waals surface area contributed by atoms with Gasteiger partial charge in [0.05, 0.1) is 7.11 Å². The highest BCUT2D eigenvalue weighted by Crippen LogP contribution is 2.06. The van der Waals surface area contributed by atoms with E-state index in [0.717, 1.165) is 0 Å². The van der Waals surface area contributed by atoms with Gasteiger partial charge in [0.25, 0.3) is 0 Å². The van der Waals surface area contributed by atoms with Crippen molar-refractivity contribution in [2.24, 2.45) is 0 Å². The Kier molecular flexibility index (Phi) is 10.6. The molecule has 0 aromatic rings. The maximum absolute atomic E-state index is 11.1. The molecule has 0 aliphatic carbocycles. The fourth-order valence-electron chi connectivity index (χ4n) is 0.839. The fraction of sp³-hybridized carbons (Fsp3) is 0.833. The molecule has 0 bridgehead atoms. The Labute approximate surface area is 104 Å². The van der Waals surface area contributed by atoms with Gasteiger partial charge in [0.1, 0.15) is 5.60 Å². The number of hydrogen-bond donors (Lipinski definition) is 1. The normalized spacial score (nSPS) is 9.76. The van der Waals surface area contributed by atoms with Crippen molar-refractivity contribution >= 4 is 12.1 Å². The lowest BCUT2D eigenvalue weighted by Crippen LogP contribution is -2.33. The SMILES string of the molecule is CC.COC(=O)CCCNC(=O)OC(C)(C)C. The topological polar surface area (TPSA) is 64.6 Å². The molecule has 5 heteroatoms. The molecule has 0 aromatic carbocycles. The first-order chi connectivity index (χ1) is 7.85. The summed E-state index contributed by atoms with van der Waals surface area (Å²) in [5.41, 5.74) is -0.494. The lowest BCUT2D eigenvalue weighted by molar-refractivity contribution is -0.140. The molecule has 0 aromatic heterocycles. The maximum atomic E-state index is 11.1. The van der Waals surface area contributed by atoms with E-state index in [2.05, 4.69) is 10.1 Å². The molecule has 1 amide bonds. The molecule has 102 valence electrons. The van der Waals surface area contributed by atoms with Crippen LogP contribution in [0.15, 0.2) is 0 Å². The second-order valence-electron chi connectivity index (χ2n) is 4.11. The smallest absolute Gasteiger partial charge is 0.407 e. The zero-order valence-corrected chi connectivity index (χ0v) is 11.8. The van der Waals surface area contributed by atoms with Gasteiger partial charge in [-0.1, -0.05) is 13.8 Å². The van der Waals surface area contributed by atoms with E-state index in [9.17, 15) is 9.59 Å². The minimum atomic E-state index is -0.494. The molecule has 1 N–H and O–H groups in total.